The number of methoxy groups -OCH3 is 1. The van der Waals surface area contributed by atoms with Crippen LogP contribution >= 0.6 is 0 Å². The molecular weight excluding hydrogens is 238 g/mol. The molecule has 0 aliphatic rings. The van der Waals surface area contributed by atoms with Crippen LogP contribution in [0.3, 0.4) is 0 Å². The van der Waals surface area contributed by atoms with Gasteiger partial charge in [-0.1, -0.05) is 19.4 Å². The van der Waals surface area contributed by atoms with Crippen LogP contribution in [0.4, 0.5) is 0 Å². The van der Waals surface area contributed by atoms with Crippen molar-refractivity contribution in [2.45, 2.75) is 52.0 Å². The number of hydrogen-bond donors (Lipinski definition) is 1. The van der Waals surface area contributed by atoms with Gasteiger partial charge in [-0.3, -0.25) is 0 Å². The first-order valence-electron chi connectivity index (χ1n) is 7.26. The van der Waals surface area contributed by atoms with Crippen molar-refractivity contribution in [1.82, 2.24) is 0 Å². The smallest absolute Gasteiger partial charge is 0.161 e. The first-order valence-corrected chi connectivity index (χ1v) is 7.26. The summed E-state index contributed by atoms with van der Waals surface area (Å²) in [5.74, 6) is 1.63. The number of benzene rings is 1. The molecule has 0 heterocycles. The molecule has 0 aliphatic carbocycles. The Kier molecular flexibility index (Phi) is 7.34. The molecule has 1 aromatic rings. The van der Waals surface area contributed by atoms with Crippen LogP contribution < -0.4 is 15.2 Å². The number of ether oxygens (including phenoxy) is 2. The molecule has 3 heteroatoms. The fraction of sp³-hybridized carbons (Fsp3) is 0.625. The average molecular weight is 265 g/mol. The second-order valence-corrected chi connectivity index (χ2v) is 4.86. The lowest BCUT2D eigenvalue weighted by atomic mass is 10.0. The predicted octanol–water partition coefficient (Wildman–Crippen LogP) is 3.54. The molecule has 1 unspecified atom stereocenters. The standard InChI is InChI=1S/C16H27NO2/c1-4-7-14(17)9-6-8-13-10-11-15(19-5-2)16(12-13)18-3/h10-12,14H,4-9,17H2,1-3H3. The van der Waals surface area contributed by atoms with Gasteiger partial charge in [0.1, 0.15) is 0 Å². The highest BCUT2D eigenvalue weighted by molar-refractivity contribution is 5.42. The molecule has 0 saturated heterocycles. The number of rotatable bonds is 9. The van der Waals surface area contributed by atoms with Gasteiger partial charge in [-0.15, -0.1) is 0 Å². The summed E-state index contributed by atoms with van der Waals surface area (Å²) >= 11 is 0. The topological polar surface area (TPSA) is 44.5 Å². The van der Waals surface area contributed by atoms with Crippen molar-refractivity contribution in [3.63, 3.8) is 0 Å². The van der Waals surface area contributed by atoms with Crippen molar-refractivity contribution < 1.29 is 9.47 Å². The van der Waals surface area contributed by atoms with Crippen LogP contribution in [0.15, 0.2) is 18.2 Å². The molecule has 0 spiro atoms. The molecule has 1 atom stereocenters. The van der Waals surface area contributed by atoms with Gasteiger partial charge in [0.05, 0.1) is 13.7 Å². The van der Waals surface area contributed by atoms with Gasteiger partial charge in [0.15, 0.2) is 11.5 Å². The molecule has 0 amide bonds. The molecule has 3 nitrogen and oxygen atoms in total. The summed E-state index contributed by atoms with van der Waals surface area (Å²) in [6.45, 7) is 4.81. The highest BCUT2D eigenvalue weighted by Gasteiger charge is 2.06. The van der Waals surface area contributed by atoms with Gasteiger partial charge >= 0.3 is 0 Å². The molecule has 108 valence electrons. The summed E-state index contributed by atoms with van der Waals surface area (Å²) in [7, 11) is 1.68. The van der Waals surface area contributed by atoms with Gasteiger partial charge in [0.2, 0.25) is 0 Å². The van der Waals surface area contributed by atoms with Crippen LogP contribution in [0, 0.1) is 0 Å². The van der Waals surface area contributed by atoms with Gasteiger partial charge in [0.25, 0.3) is 0 Å². The summed E-state index contributed by atoms with van der Waals surface area (Å²) in [6.07, 6.45) is 5.53. The van der Waals surface area contributed by atoms with E-state index < -0.39 is 0 Å². The maximum Gasteiger partial charge on any atom is 0.161 e. The van der Waals surface area contributed by atoms with E-state index in [4.69, 9.17) is 15.2 Å². The minimum absolute atomic E-state index is 0.342. The molecule has 0 aliphatic heterocycles. The molecule has 0 aromatic heterocycles. The first kappa shape index (κ1) is 15.8. The lowest BCUT2D eigenvalue weighted by Gasteiger charge is -2.12. The third-order valence-electron chi connectivity index (χ3n) is 3.23. The molecule has 0 saturated carbocycles. The number of aryl methyl sites for hydroxylation is 1. The van der Waals surface area contributed by atoms with Gasteiger partial charge in [0, 0.05) is 6.04 Å². The average Bonchev–Trinajstić information content (AvgIpc) is 2.41. The molecular formula is C16H27NO2. The quantitative estimate of drug-likeness (QED) is 0.742. The van der Waals surface area contributed by atoms with E-state index in [2.05, 4.69) is 19.1 Å². The Balaban J connectivity index is 2.50. The van der Waals surface area contributed by atoms with E-state index in [9.17, 15) is 0 Å². The Morgan fingerprint density at radius 1 is 1.16 bits per heavy atom. The maximum atomic E-state index is 6.02. The van der Waals surface area contributed by atoms with Gasteiger partial charge in [-0.25, -0.2) is 0 Å². The third kappa shape index (κ3) is 5.52. The zero-order valence-electron chi connectivity index (χ0n) is 12.4. The van der Waals surface area contributed by atoms with Crippen LogP contribution in [0.2, 0.25) is 0 Å². The summed E-state index contributed by atoms with van der Waals surface area (Å²) in [5, 5.41) is 0. The van der Waals surface area contributed by atoms with Crippen molar-refractivity contribution in [3.8, 4) is 11.5 Å². The van der Waals surface area contributed by atoms with Crippen molar-refractivity contribution in [2.24, 2.45) is 5.73 Å². The Morgan fingerprint density at radius 3 is 2.58 bits per heavy atom. The maximum absolute atomic E-state index is 6.02. The van der Waals surface area contributed by atoms with Crippen molar-refractivity contribution in [1.29, 1.82) is 0 Å². The number of nitrogens with two attached hydrogens (primary N) is 1. The van der Waals surface area contributed by atoms with Crippen molar-refractivity contribution in [2.75, 3.05) is 13.7 Å². The second kappa shape index (κ2) is 8.81. The Bertz CT molecular complexity index is 366. The van der Waals surface area contributed by atoms with Crippen LogP contribution in [-0.4, -0.2) is 19.8 Å². The lowest BCUT2D eigenvalue weighted by Crippen LogP contribution is -2.19. The summed E-state index contributed by atoms with van der Waals surface area (Å²) in [5.41, 5.74) is 7.30. The predicted molar refractivity (Wildman–Crippen MR) is 80.0 cm³/mol. The monoisotopic (exact) mass is 265 g/mol. The van der Waals surface area contributed by atoms with Crippen LogP contribution in [-0.2, 0) is 6.42 Å². The largest absolute Gasteiger partial charge is 0.493 e. The molecule has 1 rings (SSSR count). The van der Waals surface area contributed by atoms with Gasteiger partial charge in [-0.2, -0.15) is 0 Å². The lowest BCUT2D eigenvalue weighted by molar-refractivity contribution is 0.310. The Hall–Kier alpha value is -1.22. The van der Waals surface area contributed by atoms with Crippen LogP contribution in [0.5, 0.6) is 11.5 Å². The fourth-order valence-corrected chi connectivity index (χ4v) is 2.23. The molecule has 0 radical (unpaired) electrons. The number of hydrogen-bond acceptors (Lipinski definition) is 3. The van der Waals surface area contributed by atoms with E-state index in [0.29, 0.717) is 12.6 Å². The molecule has 1 aromatic carbocycles. The van der Waals surface area contributed by atoms with E-state index in [1.54, 1.807) is 7.11 Å². The molecule has 0 bridgehead atoms. The summed E-state index contributed by atoms with van der Waals surface area (Å²) in [6, 6.07) is 6.51. The second-order valence-electron chi connectivity index (χ2n) is 4.86. The van der Waals surface area contributed by atoms with E-state index in [1.807, 2.05) is 13.0 Å². The Labute approximate surface area is 117 Å². The van der Waals surface area contributed by atoms with Crippen LogP contribution in [0.1, 0.15) is 45.1 Å². The molecule has 0 fully saturated rings. The van der Waals surface area contributed by atoms with E-state index in [1.165, 1.54) is 5.56 Å². The van der Waals surface area contributed by atoms with E-state index in [0.717, 1.165) is 43.6 Å². The van der Waals surface area contributed by atoms with E-state index in [-0.39, 0.29) is 0 Å². The van der Waals surface area contributed by atoms with Crippen molar-refractivity contribution >= 4 is 0 Å². The SMILES string of the molecule is CCCC(N)CCCc1ccc(OCC)c(OC)c1. The third-order valence-corrected chi connectivity index (χ3v) is 3.23. The van der Waals surface area contributed by atoms with Gasteiger partial charge in [-0.05, 0) is 50.3 Å². The minimum Gasteiger partial charge on any atom is -0.493 e. The normalized spacial score (nSPS) is 12.2. The summed E-state index contributed by atoms with van der Waals surface area (Å²) in [4.78, 5) is 0. The summed E-state index contributed by atoms with van der Waals surface area (Å²) < 4.78 is 10.9. The zero-order chi connectivity index (χ0) is 14.1. The van der Waals surface area contributed by atoms with Gasteiger partial charge < -0.3 is 15.2 Å². The Morgan fingerprint density at radius 2 is 1.95 bits per heavy atom. The van der Waals surface area contributed by atoms with E-state index >= 15 is 0 Å². The molecule has 19 heavy (non-hydrogen) atoms. The van der Waals surface area contributed by atoms with Crippen molar-refractivity contribution in [3.05, 3.63) is 23.8 Å². The highest BCUT2D eigenvalue weighted by atomic mass is 16.5. The highest BCUT2D eigenvalue weighted by Crippen LogP contribution is 2.28. The minimum atomic E-state index is 0.342. The molecule has 2 N–H and O–H groups in total. The van der Waals surface area contributed by atoms with Crippen LogP contribution in [0.25, 0.3) is 0 Å². The fourth-order valence-electron chi connectivity index (χ4n) is 2.23. The first-order chi connectivity index (χ1) is 9.21. The zero-order valence-corrected chi connectivity index (χ0v) is 12.4.